The minimum atomic E-state index is -0.0791. The Morgan fingerprint density at radius 3 is 2.29 bits per heavy atom. The van der Waals surface area contributed by atoms with Crippen LogP contribution in [0.2, 0.25) is 0 Å². The summed E-state index contributed by atoms with van der Waals surface area (Å²) in [6.45, 7) is 10.6. The van der Waals surface area contributed by atoms with E-state index in [1.807, 2.05) is 44.4 Å². The Kier molecular flexibility index (Phi) is 5.53. The van der Waals surface area contributed by atoms with E-state index in [1.54, 1.807) is 0 Å². The lowest BCUT2D eigenvalue weighted by atomic mass is 9.82. The summed E-state index contributed by atoms with van der Waals surface area (Å²) in [6.07, 6.45) is 1.09. The second-order valence-electron chi connectivity index (χ2n) is 9.34. The Morgan fingerprint density at radius 1 is 1.00 bits per heavy atom. The van der Waals surface area contributed by atoms with Crippen molar-refractivity contribution in [3.05, 3.63) is 59.2 Å². The summed E-state index contributed by atoms with van der Waals surface area (Å²) in [7, 11) is 4.03. The maximum atomic E-state index is 12.8. The Balaban J connectivity index is 1.69. The number of hydrogen-bond acceptors (Lipinski definition) is 3. The Labute approximate surface area is 168 Å². The van der Waals surface area contributed by atoms with Gasteiger partial charge in [0, 0.05) is 17.8 Å². The first-order valence-electron chi connectivity index (χ1n) is 9.92. The maximum Gasteiger partial charge on any atom is 0.255 e. The number of rotatable bonds is 6. The summed E-state index contributed by atoms with van der Waals surface area (Å²) >= 11 is 0. The van der Waals surface area contributed by atoms with Crippen LogP contribution in [-0.4, -0.2) is 38.1 Å². The highest BCUT2D eigenvalue weighted by atomic mass is 16.5. The highest BCUT2D eigenvalue weighted by Crippen LogP contribution is 2.49. The van der Waals surface area contributed by atoms with Gasteiger partial charge in [0.05, 0.1) is 0 Å². The highest BCUT2D eigenvalue weighted by Gasteiger charge is 2.41. The first kappa shape index (κ1) is 20.4. The molecule has 4 nitrogen and oxygen atoms in total. The van der Waals surface area contributed by atoms with Crippen molar-refractivity contribution in [1.82, 2.24) is 4.90 Å². The molecular weight excluding hydrogens is 348 g/mol. The number of carbonyl (C=O) groups is 1. The van der Waals surface area contributed by atoms with Crippen LogP contribution in [0.1, 0.15) is 55.6 Å². The lowest BCUT2D eigenvalue weighted by Gasteiger charge is -2.22. The summed E-state index contributed by atoms with van der Waals surface area (Å²) in [5, 5.41) is 3.00. The molecule has 0 bridgehead atoms. The third kappa shape index (κ3) is 4.39. The standard InChI is InChI=1S/C24H32N2O2/c1-23(2)16-24(3,4)21-15-17(7-12-20(21)23)22(27)25-18-8-10-19(11-9-18)28-14-13-26(5)6/h7-12,15H,13-14,16H2,1-6H3,(H,25,27). The number of carbonyl (C=O) groups excluding carboxylic acids is 1. The second-order valence-corrected chi connectivity index (χ2v) is 9.34. The quantitative estimate of drug-likeness (QED) is 0.780. The molecule has 1 aliphatic rings. The van der Waals surface area contributed by atoms with Gasteiger partial charge in [-0.05, 0) is 78.9 Å². The van der Waals surface area contributed by atoms with Crippen molar-refractivity contribution >= 4 is 11.6 Å². The van der Waals surface area contributed by atoms with Gasteiger partial charge in [-0.1, -0.05) is 33.8 Å². The van der Waals surface area contributed by atoms with Gasteiger partial charge in [-0.2, -0.15) is 0 Å². The second kappa shape index (κ2) is 7.59. The monoisotopic (exact) mass is 380 g/mol. The van der Waals surface area contributed by atoms with Crippen LogP contribution in [0.4, 0.5) is 5.69 Å². The third-order valence-electron chi connectivity index (χ3n) is 5.54. The Bertz CT molecular complexity index is 851. The SMILES string of the molecule is CN(C)CCOc1ccc(NC(=O)c2ccc3c(c2)C(C)(C)CC3(C)C)cc1. The lowest BCUT2D eigenvalue weighted by Crippen LogP contribution is -2.19. The molecule has 150 valence electrons. The van der Waals surface area contributed by atoms with Gasteiger partial charge in [0.25, 0.3) is 5.91 Å². The Hall–Kier alpha value is -2.33. The smallest absolute Gasteiger partial charge is 0.255 e. The van der Waals surface area contributed by atoms with Gasteiger partial charge in [0.15, 0.2) is 0 Å². The first-order valence-corrected chi connectivity index (χ1v) is 9.92. The number of ether oxygens (including phenoxy) is 1. The molecule has 0 saturated carbocycles. The maximum absolute atomic E-state index is 12.8. The molecule has 0 heterocycles. The number of anilines is 1. The minimum absolute atomic E-state index is 0.0791. The normalized spacial score (nSPS) is 16.7. The number of fused-ring (bicyclic) bond motifs is 1. The van der Waals surface area contributed by atoms with E-state index in [0.29, 0.717) is 12.2 Å². The van der Waals surface area contributed by atoms with Crippen molar-refractivity contribution in [2.45, 2.75) is 44.9 Å². The van der Waals surface area contributed by atoms with Gasteiger partial charge in [0.2, 0.25) is 0 Å². The molecule has 0 fully saturated rings. The van der Waals surface area contributed by atoms with Crippen LogP contribution in [0.25, 0.3) is 0 Å². The van der Waals surface area contributed by atoms with Crippen LogP contribution in [0.15, 0.2) is 42.5 Å². The molecule has 4 heteroatoms. The average Bonchev–Trinajstić information content (AvgIpc) is 2.80. The van der Waals surface area contributed by atoms with Crippen LogP contribution in [0.5, 0.6) is 5.75 Å². The molecule has 0 saturated heterocycles. The van der Waals surface area contributed by atoms with Crippen LogP contribution in [0, 0.1) is 0 Å². The predicted molar refractivity (Wildman–Crippen MR) is 116 cm³/mol. The van der Waals surface area contributed by atoms with Crippen molar-refractivity contribution in [2.24, 2.45) is 0 Å². The van der Waals surface area contributed by atoms with E-state index in [1.165, 1.54) is 11.1 Å². The zero-order valence-corrected chi connectivity index (χ0v) is 17.9. The van der Waals surface area contributed by atoms with Crippen LogP contribution >= 0.6 is 0 Å². The van der Waals surface area contributed by atoms with E-state index < -0.39 is 0 Å². The van der Waals surface area contributed by atoms with Crippen LogP contribution in [-0.2, 0) is 10.8 Å². The number of benzene rings is 2. The summed E-state index contributed by atoms with van der Waals surface area (Å²) in [5.74, 6) is 0.728. The zero-order chi connectivity index (χ0) is 20.5. The number of hydrogen-bond donors (Lipinski definition) is 1. The molecule has 0 unspecified atom stereocenters. The van der Waals surface area contributed by atoms with Gasteiger partial charge in [0.1, 0.15) is 12.4 Å². The van der Waals surface area contributed by atoms with Crippen molar-refractivity contribution < 1.29 is 9.53 Å². The van der Waals surface area contributed by atoms with Crippen molar-refractivity contribution in [3.63, 3.8) is 0 Å². The predicted octanol–water partition coefficient (Wildman–Crippen LogP) is 4.84. The minimum Gasteiger partial charge on any atom is -0.492 e. The molecule has 1 aliphatic carbocycles. The summed E-state index contributed by atoms with van der Waals surface area (Å²) < 4.78 is 5.70. The van der Waals surface area contributed by atoms with Crippen molar-refractivity contribution in [1.29, 1.82) is 0 Å². The fraction of sp³-hybridized carbons (Fsp3) is 0.458. The molecule has 2 aromatic rings. The summed E-state index contributed by atoms with van der Waals surface area (Å²) in [6, 6.07) is 13.7. The molecule has 0 spiro atoms. The number of amides is 1. The van der Waals surface area contributed by atoms with Crippen LogP contribution < -0.4 is 10.1 Å². The molecule has 3 rings (SSSR count). The van der Waals surface area contributed by atoms with E-state index in [9.17, 15) is 4.79 Å². The van der Waals surface area contributed by atoms with Crippen molar-refractivity contribution in [2.75, 3.05) is 32.6 Å². The molecule has 0 aromatic heterocycles. The molecule has 0 aliphatic heterocycles. The molecule has 2 aromatic carbocycles. The van der Waals surface area contributed by atoms with Gasteiger partial charge in [-0.3, -0.25) is 4.79 Å². The zero-order valence-electron chi connectivity index (χ0n) is 17.9. The van der Waals surface area contributed by atoms with Crippen molar-refractivity contribution in [3.8, 4) is 5.75 Å². The Morgan fingerprint density at radius 2 is 1.64 bits per heavy atom. The topological polar surface area (TPSA) is 41.6 Å². The lowest BCUT2D eigenvalue weighted by molar-refractivity contribution is 0.102. The number of nitrogens with one attached hydrogen (secondary N) is 1. The van der Waals surface area contributed by atoms with Gasteiger partial charge >= 0.3 is 0 Å². The van der Waals surface area contributed by atoms with Crippen LogP contribution in [0.3, 0.4) is 0 Å². The van der Waals surface area contributed by atoms with E-state index in [4.69, 9.17) is 4.74 Å². The number of nitrogens with zero attached hydrogens (tertiary/aromatic N) is 1. The van der Waals surface area contributed by atoms with E-state index in [2.05, 4.69) is 50.0 Å². The van der Waals surface area contributed by atoms with Gasteiger partial charge < -0.3 is 15.0 Å². The van der Waals surface area contributed by atoms with Gasteiger partial charge in [-0.25, -0.2) is 0 Å². The molecule has 0 radical (unpaired) electrons. The fourth-order valence-electron chi connectivity index (χ4n) is 4.31. The van der Waals surface area contributed by atoms with E-state index in [0.717, 1.165) is 24.4 Å². The highest BCUT2D eigenvalue weighted by molar-refractivity contribution is 6.04. The van der Waals surface area contributed by atoms with Gasteiger partial charge in [-0.15, -0.1) is 0 Å². The molecule has 28 heavy (non-hydrogen) atoms. The molecule has 0 atom stereocenters. The first-order chi connectivity index (χ1) is 13.1. The van der Waals surface area contributed by atoms with E-state index >= 15 is 0 Å². The summed E-state index contributed by atoms with van der Waals surface area (Å²) in [5.41, 5.74) is 4.35. The number of likely N-dealkylation sites (N-methyl/N-ethyl adjacent to an activating group) is 1. The molecule has 1 amide bonds. The fourth-order valence-corrected chi connectivity index (χ4v) is 4.31. The molecular formula is C24H32N2O2. The molecule has 1 N–H and O–H groups in total. The largest absolute Gasteiger partial charge is 0.492 e. The summed E-state index contributed by atoms with van der Waals surface area (Å²) in [4.78, 5) is 14.8. The van der Waals surface area contributed by atoms with E-state index in [-0.39, 0.29) is 16.7 Å². The average molecular weight is 381 g/mol. The third-order valence-corrected chi connectivity index (χ3v) is 5.54.